The van der Waals surface area contributed by atoms with E-state index in [0.717, 1.165) is 12.5 Å². The van der Waals surface area contributed by atoms with Gasteiger partial charge in [-0.1, -0.05) is 0 Å². The predicted molar refractivity (Wildman–Crippen MR) is 97.1 cm³/mol. The molecule has 0 aromatic carbocycles. The molecule has 148 valence electrons. The minimum Gasteiger partial charge on any atom is -0.506 e. The maximum Gasteiger partial charge on any atom is 0.308 e. The molecule has 0 saturated carbocycles. The number of carbonyl (C=O) groups is 1. The van der Waals surface area contributed by atoms with Gasteiger partial charge in [-0.25, -0.2) is 26.8 Å². The zero-order chi connectivity index (χ0) is 21.0. The molecule has 2 heterocycles. The molecule has 0 atom stereocenters. The Morgan fingerprint density at radius 3 is 1.70 bits per heavy atom. The summed E-state index contributed by atoms with van der Waals surface area (Å²) in [6.45, 7) is 4.39. The summed E-state index contributed by atoms with van der Waals surface area (Å²) < 4.78 is 49.0. The number of aromatic nitrogens is 2. The Balaban J connectivity index is 0.000000277. The first-order valence-electron chi connectivity index (χ1n) is 7.44. The van der Waals surface area contributed by atoms with E-state index in [9.17, 15) is 21.6 Å². The normalized spacial score (nSPS) is 11.3. The van der Waals surface area contributed by atoms with Crippen LogP contribution in [0, 0.1) is 13.8 Å². The van der Waals surface area contributed by atoms with E-state index in [1.54, 1.807) is 13.8 Å². The van der Waals surface area contributed by atoms with Crippen LogP contribution in [0.25, 0.3) is 0 Å². The quantitative estimate of drug-likeness (QED) is 0.731. The fourth-order valence-electron chi connectivity index (χ4n) is 1.73. The van der Waals surface area contributed by atoms with Gasteiger partial charge in [0, 0.05) is 19.4 Å². The number of sulfone groups is 2. The van der Waals surface area contributed by atoms with Gasteiger partial charge in [-0.15, -0.1) is 0 Å². The highest BCUT2D eigenvalue weighted by Gasteiger charge is 2.12. The Hall–Kier alpha value is -2.53. The molecule has 0 aliphatic heterocycles. The maximum atomic E-state index is 11.1. The molecule has 11 heteroatoms. The highest BCUT2D eigenvalue weighted by atomic mass is 32.2. The van der Waals surface area contributed by atoms with E-state index < -0.39 is 25.6 Å². The second-order valence-electron chi connectivity index (χ2n) is 5.63. The van der Waals surface area contributed by atoms with Gasteiger partial charge in [0.25, 0.3) is 0 Å². The van der Waals surface area contributed by atoms with Gasteiger partial charge in [-0.2, -0.15) is 0 Å². The third-order valence-electron chi connectivity index (χ3n) is 3.06. The summed E-state index contributed by atoms with van der Waals surface area (Å²) in [7, 11) is -6.59. The summed E-state index contributed by atoms with van der Waals surface area (Å²) in [6, 6.07) is 5.32. The third kappa shape index (κ3) is 6.94. The minimum atomic E-state index is -3.32. The maximum absolute atomic E-state index is 11.1. The average Bonchev–Trinajstić information content (AvgIpc) is 2.50. The van der Waals surface area contributed by atoms with E-state index in [1.807, 2.05) is 0 Å². The Morgan fingerprint density at radius 2 is 1.33 bits per heavy atom. The first-order valence-corrected chi connectivity index (χ1v) is 11.2. The van der Waals surface area contributed by atoms with E-state index in [4.69, 9.17) is 9.84 Å². The number of hydrogen-bond donors (Lipinski definition) is 1. The number of pyridine rings is 2. The SMILES string of the molecule is CC(=O)Oc1ccc(S(C)(=O)=O)nc1C.Cc1nc(S(C)(=O)=O)ccc1O. The van der Waals surface area contributed by atoms with Crippen LogP contribution in [0.2, 0.25) is 0 Å². The smallest absolute Gasteiger partial charge is 0.308 e. The summed E-state index contributed by atoms with van der Waals surface area (Å²) in [5, 5.41) is 9.00. The van der Waals surface area contributed by atoms with Crippen LogP contribution >= 0.6 is 0 Å². The van der Waals surface area contributed by atoms with Gasteiger partial charge < -0.3 is 9.84 Å². The molecule has 0 fully saturated rings. The molecule has 27 heavy (non-hydrogen) atoms. The number of rotatable bonds is 3. The lowest BCUT2D eigenvalue weighted by molar-refractivity contribution is -0.131. The van der Waals surface area contributed by atoms with Crippen molar-refractivity contribution in [3.63, 3.8) is 0 Å². The van der Waals surface area contributed by atoms with E-state index in [0.29, 0.717) is 11.4 Å². The van der Waals surface area contributed by atoms with Gasteiger partial charge >= 0.3 is 5.97 Å². The lowest BCUT2D eigenvalue weighted by Gasteiger charge is -2.05. The van der Waals surface area contributed by atoms with Crippen LogP contribution in [0.5, 0.6) is 11.5 Å². The summed E-state index contributed by atoms with van der Waals surface area (Å²) in [4.78, 5) is 18.2. The average molecular weight is 416 g/mol. The second kappa shape index (κ2) is 8.44. The van der Waals surface area contributed by atoms with E-state index in [-0.39, 0.29) is 21.6 Å². The molecule has 2 aromatic rings. The number of esters is 1. The van der Waals surface area contributed by atoms with Crippen LogP contribution in [-0.4, -0.2) is 50.4 Å². The van der Waals surface area contributed by atoms with Crippen LogP contribution in [-0.2, 0) is 24.5 Å². The Kier molecular flexibility index (Phi) is 7.04. The molecule has 0 saturated heterocycles. The Labute approximate surface area is 157 Å². The van der Waals surface area contributed by atoms with Crippen molar-refractivity contribution in [2.75, 3.05) is 12.5 Å². The molecule has 0 amide bonds. The Bertz CT molecular complexity index is 1060. The molecule has 0 unspecified atom stereocenters. The van der Waals surface area contributed by atoms with Crippen molar-refractivity contribution in [1.29, 1.82) is 0 Å². The molecule has 2 rings (SSSR count). The number of nitrogens with zero attached hydrogens (tertiary/aromatic N) is 2. The molecule has 0 radical (unpaired) electrons. The van der Waals surface area contributed by atoms with Gasteiger partial charge in [0.15, 0.2) is 35.5 Å². The molecule has 0 bridgehead atoms. The molecular weight excluding hydrogens is 396 g/mol. The lowest BCUT2D eigenvalue weighted by Crippen LogP contribution is -2.06. The first-order chi connectivity index (χ1) is 12.2. The predicted octanol–water partition coefficient (Wildman–Crippen LogP) is 1.22. The third-order valence-corrected chi connectivity index (χ3v) is 5.03. The second-order valence-corrected chi connectivity index (χ2v) is 9.55. The summed E-state index contributed by atoms with van der Waals surface area (Å²) >= 11 is 0. The zero-order valence-corrected chi connectivity index (χ0v) is 17.1. The number of carbonyl (C=O) groups excluding carboxylic acids is 1. The molecule has 0 aliphatic carbocycles. The van der Waals surface area contributed by atoms with Crippen molar-refractivity contribution in [3.05, 3.63) is 35.7 Å². The molecule has 0 aliphatic rings. The van der Waals surface area contributed by atoms with Gasteiger partial charge in [0.2, 0.25) is 0 Å². The van der Waals surface area contributed by atoms with Crippen LogP contribution in [0.3, 0.4) is 0 Å². The fourth-order valence-corrected chi connectivity index (χ4v) is 2.97. The lowest BCUT2D eigenvalue weighted by atomic mass is 10.3. The molecule has 9 nitrogen and oxygen atoms in total. The monoisotopic (exact) mass is 416 g/mol. The number of aryl methyl sites for hydroxylation is 2. The summed E-state index contributed by atoms with van der Waals surface area (Å²) in [5.41, 5.74) is 0.686. The van der Waals surface area contributed by atoms with Crippen LogP contribution in [0.1, 0.15) is 18.3 Å². The number of ether oxygens (including phenoxy) is 1. The van der Waals surface area contributed by atoms with Gasteiger partial charge in [0.1, 0.15) is 5.75 Å². The topological polar surface area (TPSA) is 141 Å². The van der Waals surface area contributed by atoms with Crippen molar-refractivity contribution >= 4 is 25.6 Å². The largest absolute Gasteiger partial charge is 0.506 e. The van der Waals surface area contributed by atoms with Crippen LogP contribution in [0.15, 0.2) is 34.3 Å². The van der Waals surface area contributed by atoms with E-state index in [2.05, 4.69) is 9.97 Å². The Morgan fingerprint density at radius 1 is 0.889 bits per heavy atom. The van der Waals surface area contributed by atoms with Crippen molar-refractivity contribution in [2.24, 2.45) is 0 Å². The molecule has 2 aromatic heterocycles. The standard InChI is InChI=1S/C9H11NO4S.C7H9NO3S/c1-6-8(14-7(2)11)4-5-9(10-6)15(3,12)13;1-5-6(9)3-4-7(8-5)12(2,10)11/h4-5H,1-3H3;3-4,9H,1-2H3. The van der Waals surface area contributed by atoms with Gasteiger partial charge in [-0.3, -0.25) is 4.79 Å². The van der Waals surface area contributed by atoms with Gasteiger partial charge in [-0.05, 0) is 38.1 Å². The van der Waals surface area contributed by atoms with Crippen LogP contribution < -0.4 is 4.74 Å². The molecule has 0 spiro atoms. The number of hydrogen-bond acceptors (Lipinski definition) is 9. The van der Waals surface area contributed by atoms with E-state index in [1.165, 1.54) is 31.2 Å². The summed E-state index contributed by atoms with van der Waals surface area (Å²) in [6.07, 6.45) is 2.14. The van der Waals surface area contributed by atoms with Crippen LogP contribution in [0.4, 0.5) is 0 Å². The minimum absolute atomic E-state index is 0.00222. The van der Waals surface area contributed by atoms with Crippen molar-refractivity contribution < 1.29 is 31.5 Å². The molecular formula is C16H20N2O7S2. The van der Waals surface area contributed by atoms with Crippen molar-refractivity contribution in [3.8, 4) is 11.5 Å². The van der Waals surface area contributed by atoms with E-state index >= 15 is 0 Å². The number of aromatic hydroxyl groups is 1. The zero-order valence-electron chi connectivity index (χ0n) is 15.4. The fraction of sp³-hybridized carbons (Fsp3) is 0.312. The van der Waals surface area contributed by atoms with Crippen molar-refractivity contribution in [1.82, 2.24) is 9.97 Å². The molecule has 1 N–H and O–H groups in total. The highest BCUT2D eigenvalue weighted by molar-refractivity contribution is 7.90. The van der Waals surface area contributed by atoms with Crippen molar-refractivity contribution in [2.45, 2.75) is 30.8 Å². The summed E-state index contributed by atoms with van der Waals surface area (Å²) in [5.74, 6) is -0.190. The van der Waals surface area contributed by atoms with Gasteiger partial charge in [0.05, 0.1) is 11.4 Å². The first kappa shape index (κ1) is 22.5. The highest BCUT2D eigenvalue weighted by Crippen LogP contribution is 2.18.